The van der Waals surface area contributed by atoms with Crippen molar-refractivity contribution in [1.82, 2.24) is 14.9 Å². The zero-order valence-electron chi connectivity index (χ0n) is 13.5. The number of nitrogens with one attached hydrogen (secondary N) is 2. The van der Waals surface area contributed by atoms with Gasteiger partial charge in [0.2, 0.25) is 10.0 Å². The molecule has 2 aliphatic rings. The van der Waals surface area contributed by atoms with Gasteiger partial charge in [0.25, 0.3) is 0 Å². The van der Waals surface area contributed by atoms with Crippen molar-refractivity contribution in [3.63, 3.8) is 0 Å². The maximum absolute atomic E-state index is 11.5. The lowest BCUT2D eigenvalue weighted by Crippen LogP contribution is -2.45. The SMILES string of the molecule is CN=C(NCC1CCC1)NCC1CCN(S(C)(=O)=O)CC1.I. The molecule has 0 aromatic rings. The minimum Gasteiger partial charge on any atom is -0.356 e. The fourth-order valence-electron chi connectivity index (χ4n) is 2.84. The van der Waals surface area contributed by atoms with Crippen molar-refractivity contribution in [3.05, 3.63) is 0 Å². The molecule has 0 unspecified atom stereocenters. The number of guanidine groups is 1. The van der Waals surface area contributed by atoms with E-state index < -0.39 is 10.0 Å². The van der Waals surface area contributed by atoms with Crippen LogP contribution in [-0.2, 0) is 10.0 Å². The number of nitrogens with zero attached hydrogens (tertiary/aromatic N) is 2. The summed E-state index contributed by atoms with van der Waals surface area (Å²) < 4.78 is 24.5. The quantitative estimate of drug-likeness (QED) is 0.380. The molecule has 0 aromatic carbocycles. The lowest BCUT2D eigenvalue weighted by atomic mass is 9.85. The van der Waals surface area contributed by atoms with E-state index in [-0.39, 0.29) is 24.0 Å². The van der Waals surface area contributed by atoms with E-state index in [9.17, 15) is 8.42 Å². The van der Waals surface area contributed by atoms with Gasteiger partial charge in [-0.05, 0) is 37.5 Å². The van der Waals surface area contributed by atoms with Gasteiger partial charge in [-0.2, -0.15) is 0 Å². The summed E-state index contributed by atoms with van der Waals surface area (Å²) in [5.41, 5.74) is 0. The van der Waals surface area contributed by atoms with Gasteiger partial charge in [0.05, 0.1) is 6.26 Å². The number of piperidine rings is 1. The lowest BCUT2D eigenvalue weighted by Gasteiger charge is -2.31. The van der Waals surface area contributed by atoms with E-state index in [0.717, 1.165) is 37.8 Å². The smallest absolute Gasteiger partial charge is 0.211 e. The van der Waals surface area contributed by atoms with Gasteiger partial charge >= 0.3 is 0 Å². The van der Waals surface area contributed by atoms with Crippen molar-refractivity contribution >= 4 is 40.0 Å². The molecule has 2 N–H and O–H groups in total. The summed E-state index contributed by atoms with van der Waals surface area (Å²) in [6, 6.07) is 0. The van der Waals surface area contributed by atoms with E-state index in [1.807, 2.05) is 0 Å². The first-order valence-electron chi connectivity index (χ1n) is 7.88. The molecule has 0 aromatic heterocycles. The Labute approximate surface area is 151 Å². The third-order valence-electron chi connectivity index (χ3n) is 4.61. The van der Waals surface area contributed by atoms with Gasteiger partial charge in [-0.1, -0.05) is 6.42 Å². The molecule has 1 saturated heterocycles. The summed E-state index contributed by atoms with van der Waals surface area (Å²) >= 11 is 0. The van der Waals surface area contributed by atoms with E-state index in [4.69, 9.17) is 0 Å². The van der Waals surface area contributed by atoms with Crippen LogP contribution in [0.1, 0.15) is 32.1 Å². The van der Waals surface area contributed by atoms with Crippen LogP contribution in [0.2, 0.25) is 0 Å². The maximum atomic E-state index is 11.5. The molecule has 0 atom stereocenters. The van der Waals surface area contributed by atoms with Gasteiger partial charge in [0, 0.05) is 33.2 Å². The summed E-state index contributed by atoms with van der Waals surface area (Å²) in [6.45, 7) is 3.15. The minimum absolute atomic E-state index is 0. The zero-order valence-corrected chi connectivity index (χ0v) is 16.7. The second-order valence-corrected chi connectivity index (χ2v) is 8.22. The number of hydrogen-bond donors (Lipinski definition) is 2. The second-order valence-electron chi connectivity index (χ2n) is 6.24. The molecular weight excluding hydrogens is 415 g/mol. The van der Waals surface area contributed by atoms with Gasteiger partial charge in [0.1, 0.15) is 0 Å². The van der Waals surface area contributed by atoms with Gasteiger partial charge in [-0.3, -0.25) is 4.99 Å². The fourth-order valence-corrected chi connectivity index (χ4v) is 3.72. The molecule has 0 radical (unpaired) electrons. The first-order valence-corrected chi connectivity index (χ1v) is 9.73. The summed E-state index contributed by atoms with van der Waals surface area (Å²) in [6.07, 6.45) is 7.14. The van der Waals surface area contributed by atoms with Crippen LogP contribution in [0.15, 0.2) is 4.99 Å². The Morgan fingerprint density at radius 1 is 1.09 bits per heavy atom. The Morgan fingerprint density at radius 2 is 1.59 bits per heavy atom. The molecule has 22 heavy (non-hydrogen) atoms. The van der Waals surface area contributed by atoms with Gasteiger partial charge in [0.15, 0.2) is 5.96 Å². The number of sulfonamides is 1. The van der Waals surface area contributed by atoms with Crippen LogP contribution in [0.4, 0.5) is 0 Å². The summed E-state index contributed by atoms with van der Waals surface area (Å²) in [5.74, 6) is 2.19. The molecule has 2 fully saturated rings. The molecule has 130 valence electrons. The minimum atomic E-state index is -3.02. The second kappa shape index (κ2) is 9.27. The highest BCUT2D eigenvalue weighted by Crippen LogP contribution is 2.25. The Morgan fingerprint density at radius 3 is 1.95 bits per heavy atom. The molecule has 2 rings (SSSR count). The van der Waals surface area contributed by atoms with Gasteiger partial charge < -0.3 is 10.6 Å². The fraction of sp³-hybridized carbons (Fsp3) is 0.929. The highest BCUT2D eigenvalue weighted by Gasteiger charge is 2.25. The van der Waals surface area contributed by atoms with Crippen LogP contribution in [0, 0.1) is 11.8 Å². The highest BCUT2D eigenvalue weighted by atomic mass is 127. The molecule has 6 nitrogen and oxygen atoms in total. The lowest BCUT2D eigenvalue weighted by molar-refractivity contribution is 0.274. The normalized spacial score (nSPS) is 21.8. The van der Waals surface area contributed by atoms with Crippen LogP contribution in [-0.4, -0.2) is 58.2 Å². The van der Waals surface area contributed by atoms with Gasteiger partial charge in [-0.15, -0.1) is 24.0 Å². The number of halogens is 1. The van der Waals surface area contributed by atoms with Crippen molar-refractivity contribution in [1.29, 1.82) is 0 Å². The molecule has 1 aliphatic carbocycles. The van der Waals surface area contributed by atoms with Crippen LogP contribution >= 0.6 is 24.0 Å². The number of rotatable bonds is 5. The average molecular weight is 444 g/mol. The monoisotopic (exact) mass is 444 g/mol. The van der Waals surface area contributed by atoms with Crippen LogP contribution < -0.4 is 10.6 Å². The van der Waals surface area contributed by atoms with Gasteiger partial charge in [-0.25, -0.2) is 12.7 Å². The molecule has 8 heteroatoms. The van der Waals surface area contributed by atoms with Crippen molar-refractivity contribution in [2.24, 2.45) is 16.8 Å². The molecule has 1 aliphatic heterocycles. The molecule has 1 heterocycles. The molecule has 0 bridgehead atoms. The average Bonchev–Trinajstić information content (AvgIpc) is 2.40. The molecule has 0 spiro atoms. The van der Waals surface area contributed by atoms with E-state index in [1.165, 1.54) is 25.5 Å². The van der Waals surface area contributed by atoms with Crippen molar-refractivity contribution in [2.75, 3.05) is 39.5 Å². The molecular formula is C14H29IN4O2S. The Balaban J connectivity index is 0.00000242. The number of hydrogen-bond acceptors (Lipinski definition) is 3. The summed E-state index contributed by atoms with van der Waals surface area (Å²) in [7, 11) is -1.23. The third kappa shape index (κ3) is 6.19. The van der Waals surface area contributed by atoms with E-state index in [2.05, 4.69) is 15.6 Å². The van der Waals surface area contributed by atoms with Crippen LogP contribution in [0.25, 0.3) is 0 Å². The standard InChI is InChI=1S/C14H28N4O2S.HI/c1-15-14(16-10-12-4-3-5-12)17-11-13-6-8-18(9-7-13)21(2,19)20;/h12-13H,3-11H2,1-2H3,(H2,15,16,17);1H. The molecule has 1 saturated carbocycles. The zero-order chi connectivity index (χ0) is 15.3. The third-order valence-corrected chi connectivity index (χ3v) is 5.91. The first-order chi connectivity index (χ1) is 9.99. The Kier molecular flexibility index (Phi) is 8.40. The van der Waals surface area contributed by atoms with E-state index >= 15 is 0 Å². The van der Waals surface area contributed by atoms with Crippen molar-refractivity contribution in [3.8, 4) is 0 Å². The highest BCUT2D eigenvalue weighted by molar-refractivity contribution is 14.0. The van der Waals surface area contributed by atoms with E-state index in [0.29, 0.717) is 19.0 Å². The Hall–Kier alpha value is -0.0900. The topological polar surface area (TPSA) is 73.8 Å². The predicted octanol–water partition coefficient (Wildman–Crippen LogP) is 1.24. The first kappa shape index (κ1) is 20.0. The number of aliphatic imine (C=N–C) groups is 1. The summed E-state index contributed by atoms with van der Waals surface area (Å²) in [5, 5.41) is 6.74. The predicted molar refractivity (Wildman–Crippen MR) is 101 cm³/mol. The van der Waals surface area contributed by atoms with Crippen LogP contribution in [0.5, 0.6) is 0 Å². The van der Waals surface area contributed by atoms with E-state index in [1.54, 1.807) is 11.4 Å². The summed E-state index contributed by atoms with van der Waals surface area (Å²) in [4.78, 5) is 4.25. The maximum Gasteiger partial charge on any atom is 0.211 e. The Bertz CT molecular complexity index is 457. The van der Waals surface area contributed by atoms with Crippen molar-refractivity contribution in [2.45, 2.75) is 32.1 Å². The van der Waals surface area contributed by atoms with Crippen molar-refractivity contribution < 1.29 is 8.42 Å². The molecule has 0 amide bonds. The van der Waals surface area contributed by atoms with Crippen LogP contribution in [0.3, 0.4) is 0 Å². The largest absolute Gasteiger partial charge is 0.356 e.